The summed E-state index contributed by atoms with van der Waals surface area (Å²) in [5.41, 5.74) is 0.0254. The molecule has 0 aromatic rings. The van der Waals surface area contributed by atoms with Crippen molar-refractivity contribution in [1.82, 2.24) is 5.32 Å². The number of aliphatic carboxylic acids is 1. The maximum Gasteiger partial charge on any atom is 0.309 e. The molecule has 8 nitrogen and oxygen atoms in total. The molecule has 7 saturated carbocycles. The molecular formula is C49H81NO7. The topological polar surface area (TPSA) is 111 Å². The molecule has 7 rings (SSSR count). The van der Waals surface area contributed by atoms with Crippen LogP contribution < -0.4 is 5.32 Å². The van der Waals surface area contributed by atoms with Gasteiger partial charge in [-0.2, -0.15) is 0 Å². The van der Waals surface area contributed by atoms with Gasteiger partial charge in [0.1, 0.15) is 6.10 Å². The molecule has 57 heavy (non-hydrogen) atoms. The summed E-state index contributed by atoms with van der Waals surface area (Å²) in [6, 6.07) is 0. The van der Waals surface area contributed by atoms with E-state index in [1.165, 1.54) is 51.4 Å². The lowest BCUT2D eigenvalue weighted by Gasteiger charge is -2.73. The highest BCUT2D eigenvalue weighted by Gasteiger charge is 2.73. The minimum absolute atomic E-state index is 0.141. The van der Waals surface area contributed by atoms with Crippen LogP contribution in [0, 0.1) is 79.3 Å². The van der Waals surface area contributed by atoms with E-state index < -0.39 is 17.3 Å². The highest BCUT2D eigenvalue weighted by atomic mass is 16.5. The zero-order chi connectivity index (χ0) is 41.2. The number of carbonyl (C=O) groups excluding carboxylic acids is 2. The first-order valence-corrected chi connectivity index (χ1v) is 23.6. The number of unbranched alkanes of at least 4 members (excludes halogenated alkanes) is 4. The summed E-state index contributed by atoms with van der Waals surface area (Å²) in [6.45, 7) is 22.0. The third-order valence-corrected chi connectivity index (χ3v) is 20.1. The number of amides is 1. The summed E-state index contributed by atoms with van der Waals surface area (Å²) < 4.78 is 17.1. The van der Waals surface area contributed by atoms with Gasteiger partial charge in [0.15, 0.2) is 0 Å². The van der Waals surface area contributed by atoms with Crippen molar-refractivity contribution in [2.75, 3.05) is 33.5 Å². The van der Waals surface area contributed by atoms with Crippen LogP contribution in [0.1, 0.15) is 171 Å². The first-order chi connectivity index (χ1) is 26.8. The Morgan fingerprint density at radius 2 is 1.37 bits per heavy atom. The van der Waals surface area contributed by atoms with Gasteiger partial charge in [-0.25, -0.2) is 0 Å². The molecule has 324 valence electrons. The molecular weight excluding hydrogens is 715 g/mol. The van der Waals surface area contributed by atoms with Crippen LogP contribution in [0.3, 0.4) is 0 Å². The first kappa shape index (κ1) is 43.4. The van der Waals surface area contributed by atoms with Crippen LogP contribution in [-0.4, -0.2) is 62.5 Å². The Hall–Kier alpha value is -1.67. The van der Waals surface area contributed by atoms with Gasteiger partial charge in [-0.15, -0.1) is 0 Å². The van der Waals surface area contributed by atoms with Gasteiger partial charge in [-0.3, -0.25) is 14.4 Å². The second-order valence-corrected chi connectivity index (χ2v) is 23.1. The fourth-order valence-corrected chi connectivity index (χ4v) is 16.0. The molecule has 7 aliphatic rings. The molecule has 12 atom stereocenters. The molecule has 0 radical (unpaired) electrons. The van der Waals surface area contributed by atoms with E-state index in [1.54, 1.807) is 7.11 Å². The van der Waals surface area contributed by atoms with E-state index in [1.807, 2.05) is 13.8 Å². The predicted molar refractivity (Wildman–Crippen MR) is 223 cm³/mol. The smallest absolute Gasteiger partial charge is 0.309 e. The molecule has 2 N–H and O–H groups in total. The number of carboxylic acid groups (broad SMARTS) is 1. The summed E-state index contributed by atoms with van der Waals surface area (Å²) in [4.78, 5) is 40.1. The van der Waals surface area contributed by atoms with Crippen molar-refractivity contribution in [3.05, 3.63) is 0 Å². The minimum Gasteiger partial charge on any atom is -0.481 e. The first-order valence-electron chi connectivity index (χ1n) is 23.6. The molecule has 1 amide bonds. The number of rotatable bonds is 16. The summed E-state index contributed by atoms with van der Waals surface area (Å²) in [6.07, 6.45) is 19.8. The highest BCUT2D eigenvalue weighted by Crippen LogP contribution is 2.79. The molecule has 8 heteroatoms. The molecule has 0 heterocycles. The van der Waals surface area contributed by atoms with Crippen molar-refractivity contribution in [3.63, 3.8) is 0 Å². The third-order valence-electron chi connectivity index (χ3n) is 20.1. The monoisotopic (exact) mass is 796 g/mol. The van der Waals surface area contributed by atoms with Crippen molar-refractivity contribution in [1.29, 1.82) is 0 Å². The highest BCUT2D eigenvalue weighted by molar-refractivity contribution is 5.84. The van der Waals surface area contributed by atoms with E-state index in [0.717, 1.165) is 70.9 Å². The molecule has 12 unspecified atom stereocenters. The molecule has 0 bridgehead atoms. The average Bonchev–Trinajstić information content (AvgIpc) is 3.76. The zero-order valence-electron chi connectivity index (χ0n) is 37.6. The van der Waals surface area contributed by atoms with Crippen LogP contribution in [0.2, 0.25) is 0 Å². The Morgan fingerprint density at radius 1 is 0.649 bits per heavy atom. The Morgan fingerprint density at radius 3 is 2.05 bits per heavy atom. The lowest BCUT2D eigenvalue weighted by atomic mass is 9.32. The van der Waals surface area contributed by atoms with E-state index in [0.29, 0.717) is 60.5 Å². The maximum atomic E-state index is 14.7. The van der Waals surface area contributed by atoms with E-state index in [-0.39, 0.29) is 45.1 Å². The zero-order valence-corrected chi connectivity index (χ0v) is 37.6. The molecule has 7 aliphatic carbocycles. The van der Waals surface area contributed by atoms with Crippen LogP contribution in [0.15, 0.2) is 0 Å². The van der Waals surface area contributed by atoms with Crippen LogP contribution in [0.5, 0.6) is 0 Å². The van der Waals surface area contributed by atoms with Crippen LogP contribution in [0.4, 0.5) is 0 Å². The standard InChI is InChI=1S/C49H81NO7/c1-43(2)34(40(51)52)31-35(43)41(53)57-38-19-20-46(6)36(44(38,3)4)18-21-48(8)37(46)16-15-33-39-32(45(5)23-24-45)17-22-49(39,26-25-47(33,48)7)42(54)50-27-13-11-10-12-14-28-56-30-29-55-9/h32-39H,10-31H2,1-9H3,(H,50,54)(H,51,52). The Balaban J connectivity index is 1.02. The Labute approximate surface area is 345 Å². The number of nitrogens with one attached hydrogen (secondary N) is 1. The van der Waals surface area contributed by atoms with Crippen LogP contribution >= 0.6 is 0 Å². The molecule has 0 spiro atoms. The van der Waals surface area contributed by atoms with E-state index in [4.69, 9.17) is 14.2 Å². The third kappa shape index (κ3) is 7.04. The van der Waals surface area contributed by atoms with E-state index >= 15 is 0 Å². The van der Waals surface area contributed by atoms with Gasteiger partial charge < -0.3 is 24.6 Å². The van der Waals surface area contributed by atoms with Crippen LogP contribution in [-0.2, 0) is 28.6 Å². The maximum absolute atomic E-state index is 14.7. The molecule has 0 saturated heterocycles. The van der Waals surface area contributed by atoms with Gasteiger partial charge in [0.25, 0.3) is 0 Å². The molecule has 0 aliphatic heterocycles. The summed E-state index contributed by atoms with van der Waals surface area (Å²) in [7, 11) is 1.71. The fourth-order valence-electron chi connectivity index (χ4n) is 16.0. The number of carboxylic acids is 1. The van der Waals surface area contributed by atoms with Gasteiger partial charge in [-0.1, -0.05) is 74.7 Å². The summed E-state index contributed by atoms with van der Waals surface area (Å²) >= 11 is 0. The number of hydrogen-bond donors (Lipinski definition) is 2. The number of hydrogen-bond acceptors (Lipinski definition) is 6. The van der Waals surface area contributed by atoms with Crippen molar-refractivity contribution < 1.29 is 33.7 Å². The lowest BCUT2D eigenvalue weighted by molar-refractivity contribution is -0.252. The number of carbonyl (C=O) groups is 3. The SMILES string of the molecule is COCCOCCCCCCCNC(=O)C12CCC(C3(C)CC3)C1C1CCC3C4(C)CCC(OC(=O)C5CC(C(=O)O)C5(C)C)C(C)(C)C4CCC3(C)C1(C)CC2. The van der Waals surface area contributed by atoms with Gasteiger partial charge in [0, 0.05) is 25.7 Å². The largest absolute Gasteiger partial charge is 0.481 e. The predicted octanol–water partition coefficient (Wildman–Crippen LogP) is 10.3. The summed E-state index contributed by atoms with van der Waals surface area (Å²) in [5.74, 6) is 1.34. The number of esters is 1. The van der Waals surface area contributed by atoms with Crippen molar-refractivity contribution in [2.45, 2.75) is 177 Å². The fraction of sp³-hybridized carbons (Fsp3) is 0.939. The van der Waals surface area contributed by atoms with Crippen molar-refractivity contribution in [3.8, 4) is 0 Å². The van der Waals surface area contributed by atoms with E-state index in [9.17, 15) is 19.5 Å². The number of fused-ring (bicyclic) bond motifs is 7. The Bertz CT molecular complexity index is 1500. The molecule has 7 fully saturated rings. The van der Waals surface area contributed by atoms with Gasteiger partial charge >= 0.3 is 11.9 Å². The second-order valence-electron chi connectivity index (χ2n) is 23.1. The summed E-state index contributed by atoms with van der Waals surface area (Å²) in [5, 5.41) is 13.2. The lowest BCUT2D eigenvalue weighted by Crippen LogP contribution is -2.67. The van der Waals surface area contributed by atoms with Crippen molar-refractivity contribution in [2.24, 2.45) is 79.3 Å². The normalized spacial score (nSPS) is 43.3. The number of methoxy groups -OCH3 is 1. The Kier molecular flexibility index (Phi) is 11.9. The molecule has 0 aromatic heterocycles. The van der Waals surface area contributed by atoms with Crippen molar-refractivity contribution >= 4 is 17.8 Å². The second kappa shape index (κ2) is 15.7. The quantitative estimate of drug-likeness (QED) is 0.118. The van der Waals surface area contributed by atoms with Gasteiger partial charge in [-0.05, 0) is 153 Å². The van der Waals surface area contributed by atoms with E-state index in [2.05, 4.69) is 46.9 Å². The molecule has 0 aromatic carbocycles. The minimum atomic E-state index is -0.808. The van der Waals surface area contributed by atoms with Gasteiger partial charge in [0.2, 0.25) is 5.91 Å². The average molecular weight is 796 g/mol. The van der Waals surface area contributed by atoms with Crippen LogP contribution in [0.25, 0.3) is 0 Å². The van der Waals surface area contributed by atoms with Gasteiger partial charge in [0.05, 0.1) is 30.5 Å². The number of ether oxygens (including phenoxy) is 3.